The first kappa shape index (κ1) is 19.0. The van der Waals surface area contributed by atoms with Gasteiger partial charge in [-0.1, -0.05) is 18.2 Å². The number of halogens is 2. The molecule has 0 spiro atoms. The van der Waals surface area contributed by atoms with Crippen molar-refractivity contribution in [1.82, 2.24) is 4.90 Å². The summed E-state index contributed by atoms with van der Waals surface area (Å²) < 4.78 is 26.4. The van der Waals surface area contributed by atoms with Crippen molar-refractivity contribution in [3.05, 3.63) is 64.7 Å². The van der Waals surface area contributed by atoms with Crippen molar-refractivity contribution >= 4 is 17.5 Å². The van der Waals surface area contributed by atoms with Gasteiger partial charge in [0.25, 0.3) is 5.91 Å². The second-order valence-corrected chi connectivity index (χ2v) is 6.95. The van der Waals surface area contributed by atoms with Gasteiger partial charge in [-0.25, -0.2) is 8.78 Å². The van der Waals surface area contributed by atoms with Crippen LogP contribution in [0.4, 0.5) is 14.5 Å². The molecule has 2 amide bonds. The first-order valence-corrected chi connectivity index (χ1v) is 8.98. The van der Waals surface area contributed by atoms with E-state index in [2.05, 4.69) is 5.32 Å². The van der Waals surface area contributed by atoms with Gasteiger partial charge in [-0.15, -0.1) is 0 Å². The average molecular weight is 372 g/mol. The lowest BCUT2D eigenvalue weighted by Gasteiger charge is -2.31. The molecule has 1 aliphatic rings. The molecule has 2 aromatic carbocycles. The van der Waals surface area contributed by atoms with Gasteiger partial charge in [0, 0.05) is 30.3 Å². The molecule has 0 radical (unpaired) electrons. The molecule has 0 atom stereocenters. The molecule has 1 N–H and O–H groups in total. The molecule has 1 saturated heterocycles. The highest BCUT2D eigenvalue weighted by molar-refractivity contribution is 5.96. The summed E-state index contributed by atoms with van der Waals surface area (Å²) in [4.78, 5) is 26.6. The number of hydrogen-bond donors (Lipinski definition) is 1. The molecule has 1 heterocycles. The summed E-state index contributed by atoms with van der Waals surface area (Å²) in [5.74, 6) is -2.59. The summed E-state index contributed by atoms with van der Waals surface area (Å²) in [7, 11) is 0. The van der Waals surface area contributed by atoms with Gasteiger partial charge in [0.2, 0.25) is 5.91 Å². The highest BCUT2D eigenvalue weighted by atomic mass is 19.2. The zero-order valence-corrected chi connectivity index (χ0v) is 15.4. The molecular weight excluding hydrogens is 350 g/mol. The lowest BCUT2D eigenvalue weighted by molar-refractivity contribution is -0.121. The van der Waals surface area contributed by atoms with Gasteiger partial charge < -0.3 is 10.2 Å². The molecule has 1 fully saturated rings. The van der Waals surface area contributed by atoms with Crippen molar-refractivity contribution in [3.8, 4) is 0 Å². The third kappa shape index (κ3) is 4.15. The standard InChI is InChI=1S/C21H22F2N2O2/c1-13-4-3-5-14(2)19(13)24-20(26)15-8-10-25(11-9-15)21(27)16-6-7-17(22)18(23)12-16/h3-7,12,15H,8-11H2,1-2H3,(H,24,26). The van der Waals surface area contributed by atoms with E-state index >= 15 is 0 Å². The van der Waals surface area contributed by atoms with E-state index in [0.29, 0.717) is 25.9 Å². The molecule has 2 aromatic rings. The van der Waals surface area contributed by atoms with Crippen molar-refractivity contribution < 1.29 is 18.4 Å². The predicted octanol–water partition coefficient (Wildman–Crippen LogP) is 4.07. The maximum absolute atomic E-state index is 13.3. The quantitative estimate of drug-likeness (QED) is 0.883. The van der Waals surface area contributed by atoms with Crippen LogP contribution in [0.25, 0.3) is 0 Å². The largest absolute Gasteiger partial charge is 0.339 e. The Morgan fingerprint density at radius 3 is 2.22 bits per heavy atom. The number of amides is 2. The van der Waals surface area contributed by atoms with Crippen LogP contribution >= 0.6 is 0 Å². The van der Waals surface area contributed by atoms with E-state index in [1.54, 1.807) is 4.90 Å². The van der Waals surface area contributed by atoms with Gasteiger partial charge in [-0.2, -0.15) is 0 Å². The zero-order chi connectivity index (χ0) is 19.6. The van der Waals surface area contributed by atoms with Crippen LogP contribution in [0.15, 0.2) is 36.4 Å². The van der Waals surface area contributed by atoms with E-state index in [4.69, 9.17) is 0 Å². The van der Waals surface area contributed by atoms with Crippen molar-refractivity contribution in [1.29, 1.82) is 0 Å². The minimum absolute atomic E-state index is 0.0488. The predicted molar refractivity (Wildman–Crippen MR) is 99.5 cm³/mol. The lowest BCUT2D eigenvalue weighted by Crippen LogP contribution is -2.41. The molecule has 0 aromatic heterocycles. The fraction of sp³-hybridized carbons (Fsp3) is 0.333. The van der Waals surface area contributed by atoms with Crippen molar-refractivity contribution in [3.63, 3.8) is 0 Å². The molecule has 142 valence electrons. The Bertz CT molecular complexity index is 854. The van der Waals surface area contributed by atoms with Gasteiger partial charge in [-0.3, -0.25) is 9.59 Å². The SMILES string of the molecule is Cc1cccc(C)c1NC(=O)C1CCN(C(=O)c2ccc(F)c(F)c2)CC1. The molecule has 27 heavy (non-hydrogen) atoms. The molecule has 0 unspecified atom stereocenters. The number of rotatable bonds is 3. The Hall–Kier alpha value is -2.76. The minimum Gasteiger partial charge on any atom is -0.339 e. The van der Waals surface area contributed by atoms with E-state index in [-0.39, 0.29) is 23.3 Å². The van der Waals surface area contributed by atoms with Crippen LogP contribution in [-0.2, 0) is 4.79 Å². The summed E-state index contributed by atoms with van der Waals surface area (Å²) >= 11 is 0. The Kier molecular flexibility index (Phi) is 5.54. The first-order chi connectivity index (χ1) is 12.9. The number of hydrogen-bond acceptors (Lipinski definition) is 2. The number of carbonyl (C=O) groups is 2. The highest BCUT2D eigenvalue weighted by Gasteiger charge is 2.28. The summed E-state index contributed by atoms with van der Waals surface area (Å²) in [5.41, 5.74) is 2.97. The number of aryl methyl sites for hydroxylation is 2. The molecule has 0 bridgehead atoms. The third-order valence-corrected chi connectivity index (χ3v) is 5.05. The van der Waals surface area contributed by atoms with Crippen molar-refractivity contribution in [2.75, 3.05) is 18.4 Å². The topological polar surface area (TPSA) is 49.4 Å². The Labute approximate surface area is 157 Å². The highest BCUT2D eigenvalue weighted by Crippen LogP contribution is 2.24. The van der Waals surface area contributed by atoms with Crippen LogP contribution in [0.2, 0.25) is 0 Å². The third-order valence-electron chi connectivity index (χ3n) is 5.05. The molecule has 4 nitrogen and oxygen atoms in total. The van der Waals surface area contributed by atoms with E-state index in [9.17, 15) is 18.4 Å². The fourth-order valence-corrected chi connectivity index (χ4v) is 3.39. The van der Waals surface area contributed by atoms with Gasteiger partial charge >= 0.3 is 0 Å². The second kappa shape index (κ2) is 7.86. The van der Waals surface area contributed by atoms with Crippen LogP contribution in [0.5, 0.6) is 0 Å². The summed E-state index contributed by atoms with van der Waals surface area (Å²) in [6.07, 6.45) is 1.07. The van der Waals surface area contributed by atoms with Gasteiger partial charge in [0.15, 0.2) is 11.6 Å². The monoisotopic (exact) mass is 372 g/mol. The Morgan fingerprint density at radius 2 is 1.63 bits per heavy atom. The molecule has 0 aliphatic carbocycles. The van der Waals surface area contributed by atoms with Crippen LogP contribution in [0.3, 0.4) is 0 Å². The average Bonchev–Trinajstić information content (AvgIpc) is 2.66. The van der Waals surface area contributed by atoms with Gasteiger partial charge in [-0.05, 0) is 56.0 Å². The Balaban J connectivity index is 1.60. The molecule has 0 saturated carbocycles. The molecule has 1 aliphatic heterocycles. The van der Waals surface area contributed by atoms with E-state index in [0.717, 1.165) is 28.9 Å². The Morgan fingerprint density at radius 1 is 1.00 bits per heavy atom. The number of para-hydroxylation sites is 1. The van der Waals surface area contributed by atoms with Crippen LogP contribution in [0, 0.1) is 31.4 Å². The number of benzene rings is 2. The summed E-state index contributed by atoms with van der Waals surface area (Å²) in [6, 6.07) is 8.99. The molecular formula is C21H22F2N2O2. The number of likely N-dealkylation sites (tertiary alicyclic amines) is 1. The second-order valence-electron chi connectivity index (χ2n) is 6.95. The van der Waals surface area contributed by atoms with Crippen LogP contribution < -0.4 is 5.32 Å². The molecule has 6 heteroatoms. The van der Waals surface area contributed by atoms with Crippen LogP contribution in [-0.4, -0.2) is 29.8 Å². The molecule has 3 rings (SSSR count). The van der Waals surface area contributed by atoms with E-state index in [1.807, 2.05) is 32.0 Å². The number of carbonyl (C=O) groups excluding carboxylic acids is 2. The van der Waals surface area contributed by atoms with Gasteiger partial charge in [0.1, 0.15) is 0 Å². The number of nitrogens with zero attached hydrogens (tertiary/aromatic N) is 1. The number of anilines is 1. The van der Waals surface area contributed by atoms with Crippen molar-refractivity contribution in [2.45, 2.75) is 26.7 Å². The fourth-order valence-electron chi connectivity index (χ4n) is 3.39. The normalized spacial score (nSPS) is 14.9. The maximum Gasteiger partial charge on any atom is 0.253 e. The number of piperidine rings is 1. The summed E-state index contributed by atoms with van der Waals surface area (Å²) in [6.45, 7) is 4.71. The van der Waals surface area contributed by atoms with E-state index < -0.39 is 11.6 Å². The maximum atomic E-state index is 13.3. The first-order valence-electron chi connectivity index (χ1n) is 8.98. The smallest absolute Gasteiger partial charge is 0.253 e. The zero-order valence-electron chi connectivity index (χ0n) is 15.4. The van der Waals surface area contributed by atoms with E-state index in [1.165, 1.54) is 6.07 Å². The summed E-state index contributed by atoms with van der Waals surface area (Å²) in [5, 5.41) is 3.00. The van der Waals surface area contributed by atoms with Gasteiger partial charge in [0.05, 0.1) is 0 Å². The van der Waals surface area contributed by atoms with Crippen LogP contribution in [0.1, 0.15) is 34.3 Å². The van der Waals surface area contributed by atoms with Crippen molar-refractivity contribution in [2.24, 2.45) is 5.92 Å². The minimum atomic E-state index is -1.04. The number of nitrogens with one attached hydrogen (secondary N) is 1. The lowest BCUT2D eigenvalue weighted by atomic mass is 9.95.